The number of unbranched alkanes of at least 4 members (excludes halogenated alkanes) is 2. The van der Waals surface area contributed by atoms with Crippen molar-refractivity contribution in [1.82, 2.24) is 78.8 Å². The molecule has 1 aliphatic heterocycles. The predicted octanol–water partition coefficient (Wildman–Crippen LogP) is -1.68. The van der Waals surface area contributed by atoms with E-state index < -0.39 is 192 Å². The maximum Gasteiger partial charge on any atom is 0.245 e. The first-order chi connectivity index (χ1) is 52.5. The lowest BCUT2D eigenvalue weighted by Gasteiger charge is -2.29. The Hall–Kier alpha value is -10.9. The molecule has 0 bridgehead atoms. The van der Waals surface area contributed by atoms with Gasteiger partial charge in [0.05, 0.1) is 25.3 Å². The molecule has 0 spiro atoms. The summed E-state index contributed by atoms with van der Waals surface area (Å²) in [5, 5.41) is 44.1. The van der Waals surface area contributed by atoms with Crippen LogP contribution in [0.4, 0.5) is 0 Å². The molecule has 596 valence electrons. The highest BCUT2D eigenvalue weighted by atomic mass is 32.2. The van der Waals surface area contributed by atoms with Crippen LogP contribution in [-0.4, -0.2) is 207 Å². The number of nitrogens with one attached hydrogen (secondary N) is 15. The van der Waals surface area contributed by atoms with Gasteiger partial charge >= 0.3 is 0 Å². The fraction of sp³-hybridized carbons (Fsp3) is 0.493. The molecule has 110 heavy (non-hydrogen) atoms. The molecule has 1 fully saturated rings. The van der Waals surface area contributed by atoms with Gasteiger partial charge in [0.2, 0.25) is 82.7 Å². The smallest absolute Gasteiger partial charge is 0.245 e. The Morgan fingerprint density at radius 2 is 0.818 bits per heavy atom. The lowest BCUT2D eigenvalue weighted by atomic mass is 9.96. The van der Waals surface area contributed by atoms with Gasteiger partial charge in [-0.1, -0.05) is 103 Å². The summed E-state index contributed by atoms with van der Waals surface area (Å²) in [5.41, 5.74) is 27.0. The Morgan fingerprint density at radius 3 is 1.25 bits per heavy atom. The molecule has 1 aliphatic rings. The third kappa shape index (κ3) is 24.8. The van der Waals surface area contributed by atoms with Crippen molar-refractivity contribution in [3.05, 3.63) is 108 Å². The first-order valence-electron chi connectivity index (χ1n) is 37.0. The van der Waals surface area contributed by atoms with Crippen LogP contribution in [0.1, 0.15) is 110 Å². The summed E-state index contributed by atoms with van der Waals surface area (Å²) in [6.45, 7) is 8.35. The van der Waals surface area contributed by atoms with Crippen LogP contribution in [0.5, 0.6) is 0 Å². The molecule has 12 atom stereocenters. The molecule has 0 radical (unpaired) electrons. The number of carbonyl (C=O) groups is 14. The number of primary amides is 2. The number of aliphatic hydroxyl groups is 1. The van der Waals surface area contributed by atoms with Gasteiger partial charge < -0.3 is 107 Å². The van der Waals surface area contributed by atoms with Gasteiger partial charge in [-0.15, -0.1) is 11.8 Å². The zero-order valence-electron chi connectivity index (χ0n) is 62.6. The maximum atomic E-state index is 15.0. The highest BCUT2D eigenvalue weighted by Crippen LogP contribution is 2.24. The van der Waals surface area contributed by atoms with E-state index in [0.717, 1.165) is 11.8 Å². The number of para-hydroxylation sites is 3. The number of aromatic nitrogens is 3. The number of rotatable bonds is 22. The lowest BCUT2D eigenvalue weighted by molar-refractivity contribution is -0.137. The Kier molecular flexibility index (Phi) is 33.1. The van der Waals surface area contributed by atoms with E-state index >= 15 is 9.59 Å². The quantitative estimate of drug-likeness (QED) is 0.0338. The summed E-state index contributed by atoms with van der Waals surface area (Å²) in [7, 11) is 0. The topological polar surface area (TPSA) is 555 Å². The minimum absolute atomic E-state index is 0.0366. The number of fused-ring (bicyclic) bond motifs is 3. The van der Waals surface area contributed by atoms with E-state index in [0.29, 0.717) is 62.2 Å². The zero-order valence-corrected chi connectivity index (χ0v) is 63.5. The minimum atomic E-state index is -1.81. The Bertz CT molecular complexity index is 4230. The average Bonchev–Trinajstić information content (AvgIpc) is 1.63. The van der Waals surface area contributed by atoms with Crippen molar-refractivity contribution < 1.29 is 72.2 Å². The van der Waals surface area contributed by atoms with Gasteiger partial charge in [0.25, 0.3) is 0 Å². The molecule has 7 rings (SSSR count). The number of benzene rings is 3. The summed E-state index contributed by atoms with van der Waals surface area (Å²) in [6.07, 6.45) is 4.92. The van der Waals surface area contributed by atoms with Crippen molar-refractivity contribution in [2.24, 2.45) is 40.7 Å². The van der Waals surface area contributed by atoms with Crippen LogP contribution in [-0.2, 0) is 86.4 Å². The van der Waals surface area contributed by atoms with Crippen molar-refractivity contribution in [2.45, 2.75) is 179 Å². The fourth-order valence-electron chi connectivity index (χ4n) is 12.7. The summed E-state index contributed by atoms with van der Waals surface area (Å²) < 4.78 is 0. The molecule has 35 heteroatoms. The second kappa shape index (κ2) is 42.2. The van der Waals surface area contributed by atoms with Crippen molar-refractivity contribution in [1.29, 1.82) is 0 Å². The van der Waals surface area contributed by atoms with E-state index in [1.165, 1.54) is 0 Å². The third-order valence-electron chi connectivity index (χ3n) is 19.1. The molecule has 34 nitrogen and oxygen atoms in total. The number of carbonyl (C=O) groups excluding carboxylic acids is 14. The van der Waals surface area contributed by atoms with Crippen molar-refractivity contribution >= 4 is 127 Å². The molecule has 0 unspecified atom stereocenters. The number of H-pyrrole nitrogens is 3. The predicted molar refractivity (Wildman–Crippen MR) is 413 cm³/mol. The number of nitrogens with two attached hydrogens (primary N) is 4. The monoisotopic (exact) mass is 1540 g/mol. The SMILES string of the molecule is CC[C@H](C)[C@@H]1NC(=O)[C@H](Cc2c[nH]c3ccccc23)NC(=O)CSC[C@@H](C(N)=O)NC(=O)[C@H](C(C)C)NC(=O)[C@H](Cc2c[nH]c3ccccc23)NC(=O)[C@H](CCCCN)NC(=O)[C@H](C(C)C)NC(=O)[C@H](Cc2c[nH]c3ccccc23)NC(=O)[C@H](CC(N)=O)NC(=O)[C@H](CCCCN)NC(=O)CNC(=O)[C@H](CO)NC1=O. The average molecular weight is 1540 g/mol. The number of aromatic amines is 3. The molecular formula is C75H105N19O15S. The molecule has 24 N–H and O–H groups in total. The van der Waals surface area contributed by atoms with Gasteiger partial charge in [-0.25, -0.2) is 0 Å². The van der Waals surface area contributed by atoms with Gasteiger partial charge in [-0.2, -0.15) is 0 Å². The van der Waals surface area contributed by atoms with Gasteiger partial charge in [0.15, 0.2) is 0 Å². The Labute approximate surface area is 640 Å². The molecule has 0 aliphatic carbocycles. The summed E-state index contributed by atoms with van der Waals surface area (Å²) in [6, 6.07) is 4.84. The van der Waals surface area contributed by atoms with E-state index in [4.69, 9.17) is 22.9 Å². The molecule has 3 aromatic heterocycles. The van der Waals surface area contributed by atoms with E-state index in [1.54, 1.807) is 127 Å². The second-order valence-electron chi connectivity index (χ2n) is 28.2. The molecule has 14 amide bonds. The molecule has 6 aromatic rings. The Balaban J connectivity index is 1.26. The van der Waals surface area contributed by atoms with Crippen LogP contribution in [0.2, 0.25) is 0 Å². The van der Waals surface area contributed by atoms with Gasteiger partial charge in [0.1, 0.15) is 66.5 Å². The van der Waals surface area contributed by atoms with E-state index in [-0.39, 0.29) is 70.2 Å². The van der Waals surface area contributed by atoms with Gasteiger partial charge in [-0.05, 0) is 104 Å². The Morgan fingerprint density at radius 1 is 0.445 bits per heavy atom. The van der Waals surface area contributed by atoms with Crippen LogP contribution in [0.15, 0.2) is 91.4 Å². The zero-order chi connectivity index (χ0) is 80.3. The number of hydrogen-bond acceptors (Lipinski definition) is 18. The first kappa shape index (κ1) is 86.3. The number of aliphatic hydroxyl groups excluding tert-OH is 1. The number of hydrogen-bond donors (Lipinski definition) is 20. The molecule has 1 saturated heterocycles. The molecular weight excluding hydrogens is 1440 g/mol. The summed E-state index contributed by atoms with van der Waals surface area (Å²) in [4.78, 5) is 210. The van der Waals surface area contributed by atoms with Crippen molar-refractivity contribution in [2.75, 3.05) is 37.7 Å². The normalized spacial score (nSPS) is 23.5. The van der Waals surface area contributed by atoms with Crippen molar-refractivity contribution in [3.8, 4) is 0 Å². The third-order valence-corrected chi connectivity index (χ3v) is 20.2. The van der Waals surface area contributed by atoms with E-state index in [2.05, 4.69) is 78.8 Å². The minimum Gasteiger partial charge on any atom is -0.394 e. The van der Waals surface area contributed by atoms with Gasteiger partial charge in [-0.3, -0.25) is 67.1 Å². The van der Waals surface area contributed by atoms with E-state index in [9.17, 15) is 62.6 Å². The van der Waals surface area contributed by atoms with E-state index in [1.807, 2.05) is 6.07 Å². The van der Waals surface area contributed by atoms with Crippen LogP contribution >= 0.6 is 11.8 Å². The lowest BCUT2D eigenvalue weighted by Crippen LogP contribution is -2.62. The highest BCUT2D eigenvalue weighted by molar-refractivity contribution is 8.00. The molecule has 0 saturated carbocycles. The number of amides is 14. The van der Waals surface area contributed by atoms with Crippen LogP contribution < -0.4 is 86.7 Å². The second-order valence-corrected chi connectivity index (χ2v) is 29.2. The first-order valence-corrected chi connectivity index (χ1v) is 38.1. The summed E-state index contributed by atoms with van der Waals surface area (Å²) in [5.74, 6) is -15.9. The largest absolute Gasteiger partial charge is 0.394 e. The standard InChI is InChI=1S/C75H105N19O15S/c1-7-41(6)64-75(109)90-57(36-95)66(100)83-35-60(97)84-51(24-14-16-26-76)67(101)89-56(31-59(78)96)69(103)88-55(30-44-34-82-50-23-13-10-20-47(44)50)72(106)92-62(39(2)3)73(107)86-52(25-15-17-27-77)68(102)87-54(29-43-33-81-49-22-12-9-19-46(43)49)71(105)93-63(40(4)5)74(108)91-58(65(79)99)37-110-38-61(98)85-53(70(104)94-64)28-42-32-80-48-21-11-8-18-45(42)48/h8-13,18-23,32-34,39-41,51-58,62-64,80-82,95H,7,14-17,24-31,35-38,76-77H2,1-6H3,(H2,78,96)(H2,79,99)(H,83,100)(H,84,97)(H,85,98)(H,86,107)(H,87,102)(H,88,103)(H,89,101)(H,90,109)(H,91,108)(H,92,106)(H,93,105)(H,94,104)/t41-,51-,52-,53-,54-,55-,56-,57-,58-,62-,63-,64-/m0/s1. The van der Waals surface area contributed by atoms with Crippen molar-refractivity contribution in [3.63, 3.8) is 0 Å². The number of thioether (sulfide) groups is 1. The summed E-state index contributed by atoms with van der Waals surface area (Å²) >= 11 is 0.869. The van der Waals surface area contributed by atoms with Gasteiger partial charge in [0, 0.05) is 76.3 Å². The fourth-order valence-corrected chi connectivity index (χ4v) is 13.6. The van der Waals surface area contributed by atoms with Crippen LogP contribution in [0, 0.1) is 17.8 Å². The molecule has 4 heterocycles. The highest BCUT2D eigenvalue weighted by Gasteiger charge is 2.39. The molecule has 3 aromatic carbocycles. The maximum absolute atomic E-state index is 15.0. The van der Waals surface area contributed by atoms with Crippen LogP contribution in [0.3, 0.4) is 0 Å². The van der Waals surface area contributed by atoms with Crippen LogP contribution in [0.25, 0.3) is 32.7 Å².